The smallest absolute Gasteiger partial charge is 0.296 e. The van der Waals surface area contributed by atoms with E-state index in [4.69, 9.17) is 13.9 Å². The number of methoxy groups -OCH3 is 1. The monoisotopic (exact) mass is 484 g/mol. The summed E-state index contributed by atoms with van der Waals surface area (Å²) in [6.45, 7) is 6.76. The van der Waals surface area contributed by atoms with Gasteiger partial charge < -0.3 is 13.9 Å². The molecule has 0 unspecified atom stereocenters. The molecule has 0 spiro atoms. The number of benzene rings is 2. The molecule has 4 aromatic rings. The van der Waals surface area contributed by atoms with Crippen molar-refractivity contribution < 1.29 is 18.7 Å². The predicted molar refractivity (Wildman–Crippen MR) is 138 cm³/mol. The van der Waals surface area contributed by atoms with Crippen LogP contribution in [0.4, 0.5) is 5.82 Å². The summed E-state index contributed by atoms with van der Waals surface area (Å²) in [6.07, 6.45) is 2.53. The summed E-state index contributed by atoms with van der Waals surface area (Å²) in [5.74, 6) is 1.69. The molecule has 2 aromatic heterocycles. The van der Waals surface area contributed by atoms with Crippen LogP contribution in [0.5, 0.6) is 11.5 Å². The summed E-state index contributed by atoms with van der Waals surface area (Å²) in [7, 11) is 1.57. The fourth-order valence-electron chi connectivity index (χ4n) is 4.51. The Hall–Kier alpha value is -4.13. The van der Waals surface area contributed by atoms with Crippen molar-refractivity contribution in [2.75, 3.05) is 18.6 Å². The van der Waals surface area contributed by atoms with Gasteiger partial charge in [-0.05, 0) is 61.2 Å². The SMILES string of the molecule is COc1cc([C@H]2c3c(oc4ccc(C)cc4c3=O)C(=O)N2c2ccccn2)ccc1OCCC(C)C. The Morgan fingerprint density at radius 3 is 2.61 bits per heavy atom. The highest BCUT2D eigenvalue weighted by Crippen LogP contribution is 2.42. The number of aryl methyl sites for hydroxylation is 1. The first-order chi connectivity index (χ1) is 17.4. The number of pyridine rings is 1. The zero-order valence-electron chi connectivity index (χ0n) is 20.8. The summed E-state index contributed by atoms with van der Waals surface area (Å²) in [5.41, 5.74) is 2.06. The first kappa shape index (κ1) is 23.6. The molecule has 1 amide bonds. The van der Waals surface area contributed by atoms with E-state index in [9.17, 15) is 9.59 Å². The molecule has 1 aliphatic rings. The second-order valence-electron chi connectivity index (χ2n) is 9.38. The molecule has 0 saturated heterocycles. The maximum Gasteiger partial charge on any atom is 0.296 e. The number of carbonyl (C=O) groups excluding carboxylic acids is 1. The Bertz CT molecular complexity index is 1490. The van der Waals surface area contributed by atoms with Crippen molar-refractivity contribution in [2.24, 2.45) is 5.92 Å². The third kappa shape index (κ3) is 4.11. The molecule has 0 bridgehead atoms. The van der Waals surface area contributed by atoms with Gasteiger partial charge in [-0.15, -0.1) is 0 Å². The molecule has 0 radical (unpaired) electrons. The van der Waals surface area contributed by atoms with Gasteiger partial charge in [-0.2, -0.15) is 0 Å². The summed E-state index contributed by atoms with van der Waals surface area (Å²) >= 11 is 0. The first-order valence-electron chi connectivity index (χ1n) is 12.0. The van der Waals surface area contributed by atoms with Crippen molar-refractivity contribution in [2.45, 2.75) is 33.2 Å². The van der Waals surface area contributed by atoms with Crippen molar-refractivity contribution in [3.63, 3.8) is 0 Å². The van der Waals surface area contributed by atoms with Gasteiger partial charge in [0.05, 0.1) is 30.7 Å². The fourth-order valence-corrected chi connectivity index (χ4v) is 4.51. The molecule has 0 fully saturated rings. The van der Waals surface area contributed by atoms with Crippen LogP contribution in [0.25, 0.3) is 11.0 Å². The highest BCUT2D eigenvalue weighted by Gasteiger charge is 2.44. The molecule has 3 heterocycles. The molecule has 1 aliphatic heterocycles. The summed E-state index contributed by atoms with van der Waals surface area (Å²) in [5, 5.41) is 0.440. The van der Waals surface area contributed by atoms with Gasteiger partial charge in [0, 0.05) is 6.20 Å². The van der Waals surface area contributed by atoms with Crippen molar-refractivity contribution >= 4 is 22.7 Å². The van der Waals surface area contributed by atoms with Crippen LogP contribution in [0.2, 0.25) is 0 Å². The van der Waals surface area contributed by atoms with E-state index in [0.29, 0.717) is 51.9 Å². The third-order valence-electron chi connectivity index (χ3n) is 6.38. The molecule has 1 atom stereocenters. The number of anilines is 1. The normalized spacial score (nSPS) is 15.0. The van der Waals surface area contributed by atoms with Gasteiger partial charge >= 0.3 is 0 Å². The summed E-state index contributed by atoms with van der Waals surface area (Å²) in [4.78, 5) is 33.4. The second kappa shape index (κ2) is 9.49. The van der Waals surface area contributed by atoms with Gasteiger partial charge in [0.25, 0.3) is 5.91 Å². The van der Waals surface area contributed by atoms with Crippen LogP contribution in [0.3, 0.4) is 0 Å². The Morgan fingerprint density at radius 1 is 1.06 bits per heavy atom. The number of nitrogens with zero attached hydrogens (tertiary/aromatic N) is 2. The Morgan fingerprint density at radius 2 is 1.89 bits per heavy atom. The van der Waals surface area contributed by atoms with Gasteiger partial charge in [-0.3, -0.25) is 14.5 Å². The quantitative estimate of drug-likeness (QED) is 0.336. The molecule has 7 nitrogen and oxygen atoms in total. The number of fused-ring (bicyclic) bond motifs is 2. The molecule has 2 aromatic carbocycles. The molecule has 184 valence electrons. The van der Waals surface area contributed by atoms with Crippen LogP contribution < -0.4 is 19.8 Å². The second-order valence-corrected chi connectivity index (χ2v) is 9.38. The lowest BCUT2D eigenvalue weighted by molar-refractivity contribution is 0.0970. The molecule has 0 N–H and O–H groups in total. The maximum absolute atomic E-state index is 13.8. The molecular formula is C29H28N2O5. The molecule has 36 heavy (non-hydrogen) atoms. The molecule has 5 rings (SSSR count). The lowest BCUT2D eigenvalue weighted by Crippen LogP contribution is -2.30. The van der Waals surface area contributed by atoms with Crippen LogP contribution in [0.15, 0.2) is 70.0 Å². The number of amides is 1. The molecule has 7 heteroatoms. The minimum Gasteiger partial charge on any atom is -0.493 e. The molecular weight excluding hydrogens is 456 g/mol. The van der Waals surface area contributed by atoms with E-state index in [-0.39, 0.29) is 11.2 Å². The Kier molecular flexibility index (Phi) is 6.22. The fraction of sp³-hybridized carbons (Fsp3) is 0.276. The van der Waals surface area contributed by atoms with E-state index in [1.165, 1.54) is 4.90 Å². The standard InChI is InChI=1S/C29H28N2O5/c1-17(2)12-14-35-22-11-9-19(16-23(22)34-4)26-25-27(32)20-15-18(3)8-10-21(20)36-28(25)29(33)31(26)24-7-5-6-13-30-24/h5-11,13,15-17,26H,12,14H2,1-4H3/t26-/m0/s1. The lowest BCUT2D eigenvalue weighted by atomic mass is 9.97. The largest absolute Gasteiger partial charge is 0.493 e. The van der Waals surface area contributed by atoms with Gasteiger partial charge in [0.15, 0.2) is 16.9 Å². The van der Waals surface area contributed by atoms with E-state index >= 15 is 0 Å². The average Bonchev–Trinajstić information content (AvgIpc) is 3.17. The van der Waals surface area contributed by atoms with Gasteiger partial charge in [0.1, 0.15) is 11.4 Å². The van der Waals surface area contributed by atoms with E-state index in [1.807, 2.05) is 31.2 Å². The minimum atomic E-state index is -0.734. The Balaban J connectivity index is 1.68. The maximum atomic E-state index is 13.8. The summed E-state index contributed by atoms with van der Waals surface area (Å²) in [6, 6.07) is 15.4. The molecule has 0 saturated carbocycles. The zero-order valence-corrected chi connectivity index (χ0v) is 20.8. The van der Waals surface area contributed by atoms with Crippen molar-refractivity contribution in [3.05, 3.63) is 93.5 Å². The van der Waals surface area contributed by atoms with Gasteiger partial charge in [-0.1, -0.05) is 37.6 Å². The third-order valence-corrected chi connectivity index (χ3v) is 6.38. The van der Waals surface area contributed by atoms with E-state index in [0.717, 1.165) is 12.0 Å². The van der Waals surface area contributed by atoms with E-state index < -0.39 is 11.9 Å². The minimum absolute atomic E-state index is 0.0308. The van der Waals surface area contributed by atoms with Gasteiger partial charge in [0.2, 0.25) is 5.76 Å². The van der Waals surface area contributed by atoms with Crippen molar-refractivity contribution in [1.29, 1.82) is 0 Å². The van der Waals surface area contributed by atoms with E-state index in [2.05, 4.69) is 18.8 Å². The van der Waals surface area contributed by atoms with Crippen LogP contribution in [0.1, 0.15) is 53.6 Å². The van der Waals surface area contributed by atoms with Crippen LogP contribution in [-0.4, -0.2) is 24.6 Å². The number of hydrogen-bond donors (Lipinski definition) is 0. The zero-order chi connectivity index (χ0) is 25.4. The number of aromatic nitrogens is 1. The number of hydrogen-bond acceptors (Lipinski definition) is 6. The van der Waals surface area contributed by atoms with Crippen molar-refractivity contribution in [3.8, 4) is 11.5 Å². The average molecular weight is 485 g/mol. The summed E-state index contributed by atoms with van der Waals surface area (Å²) < 4.78 is 17.6. The highest BCUT2D eigenvalue weighted by molar-refractivity contribution is 6.10. The first-order valence-corrected chi connectivity index (χ1v) is 12.0. The van der Waals surface area contributed by atoms with Crippen molar-refractivity contribution in [1.82, 2.24) is 4.98 Å². The van der Waals surface area contributed by atoms with Crippen LogP contribution in [0, 0.1) is 12.8 Å². The van der Waals surface area contributed by atoms with E-state index in [1.54, 1.807) is 43.6 Å². The predicted octanol–water partition coefficient (Wildman–Crippen LogP) is 5.68. The lowest BCUT2D eigenvalue weighted by Gasteiger charge is -2.25. The van der Waals surface area contributed by atoms with Crippen LogP contribution >= 0.6 is 0 Å². The highest BCUT2D eigenvalue weighted by atomic mass is 16.5. The number of rotatable bonds is 7. The Labute approximate surface area is 209 Å². The van der Waals surface area contributed by atoms with Gasteiger partial charge in [-0.25, -0.2) is 4.98 Å². The number of carbonyl (C=O) groups is 1. The topological polar surface area (TPSA) is 81.9 Å². The molecule has 0 aliphatic carbocycles. The number of ether oxygens (including phenoxy) is 2. The van der Waals surface area contributed by atoms with Crippen LogP contribution in [-0.2, 0) is 0 Å².